The predicted molar refractivity (Wildman–Crippen MR) is 47.4 cm³/mol. The first-order valence-corrected chi connectivity index (χ1v) is 3.73. The predicted octanol–water partition coefficient (Wildman–Crippen LogP) is 0.476. The number of nitrogens with one attached hydrogen (secondary N) is 1. The molecular weight excluding hydrogens is 154 g/mol. The van der Waals surface area contributed by atoms with Crippen molar-refractivity contribution in [2.24, 2.45) is 5.84 Å². The zero-order valence-electron chi connectivity index (χ0n) is 7.26. The molecule has 4 nitrogen and oxygen atoms in total. The molecule has 1 heterocycles. The number of rotatable bonds is 2. The highest BCUT2D eigenvalue weighted by molar-refractivity contribution is 5.49. The van der Waals surface area contributed by atoms with Crippen LogP contribution in [-0.4, -0.2) is 10.1 Å². The van der Waals surface area contributed by atoms with Gasteiger partial charge in [0, 0.05) is 11.8 Å². The quantitative estimate of drug-likeness (QED) is 0.442. The summed E-state index contributed by atoms with van der Waals surface area (Å²) in [5.41, 5.74) is 5.29. The van der Waals surface area contributed by atoms with Crippen molar-refractivity contribution in [2.45, 2.75) is 20.5 Å². The molecule has 4 N–H and O–H groups in total. The molecule has 0 aliphatic carbocycles. The van der Waals surface area contributed by atoms with Crippen LogP contribution in [0.15, 0.2) is 6.20 Å². The Morgan fingerprint density at radius 2 is 2.25 bits per heavy atom. The highest BCUT2D eigenvalue weighted by Crippen LogP contribution is 2.18. The molecule has 0 aromatic carbocycles. The number of anilines is 1. The van der Waals surface area contributed by atoms with E-state index in [4.69, 9.17) is 10.9 Å². The Hall–Kier alpha value is -1.13. The van der Waals surface area contributed by atoms with Gasteiger partial charge < -0.3 is 10.5 Å². The first-order chi connectivity index (χ1) is 5.70. The summed E-state index contributed by atoms with van der Waals surface area (Å²) in [6, 6.07) is 0. The Morgan fingerprint density at radius 3 is 2.75 bits per heavy atom. The Morgan fingerprint density at radius 1 is 1.58 bits per heavy atom. The number of hydrogen-bond donors (Lipinski definition) is 3. The Kier molecular flexibility index (Phi) is 2.62. The van der Waals surface area contributed by atoms with Crippen LogP contribution in [0.1, 0.15) is 16.7 Å². The molecule has 12 heavy (non-hydrogen) atoms. The lowest BCUT2D eigenvalue weighted by Gasteiger charge is -2.10. The summed E-state index contributed by atoms with van der Waals surface area (Å²) in [5, 5.41) is 9.02. The number of hydrogen-bond acceptors (Lipinski definition) is 4. The number of nitrogens with two attached hydrogens (primary N) is 1. The van der Waals surface area contributed by atoms with E-state index in [2.05, 4.69) is 10.4 Å². The molecule has 0 atom stereocenters. The molecule has 1 rings (SSSR count). The average Bonchev–Trinajstić information content (AvgIpc) is 2.09. The van der Waals surface area contributed by atoms with Crippen LogP contribution in [0.25, 0.3) is 0 Å². The second-order valence-electron chi connectivity index (χ2n) is 2.70. The largest absolute Gasteiger partial charge is 0.392 e. The van der Waals surface area contributed by atoms with Crippen molar-refractivity contribution < 1.29 is 5.11 Å². The van der Waals surface area contributed by atoms with Crippen LogP contribution in [-0.2, 0) is 6.61 Å². The number of aliphatic hydroxyl groups is 1. The molecule has 0 saturated heterocycles. The third kappa shape index (κ3) is 1.39. The van der Waals surface area contributed by atoms with Crippen molar-refractivity contribution in [3.63, 3.8) is 0 Å². The summed E-state index contributed by atoms with van der Waals surface area (Å²) in [6.07, 6.45) is 1.73. The van der Waals surface area contributed by atoms with Gasteiger partial charge >= 0.3 is 0 Å². The topological polar surface area (TPSA) is 71.2 Å². The van der Waals surface area contributed by atoms with E-state index in [-0.39, 0.29) is 6.61 Å². The minimum Gasteiger partial charge on any atom is -0.392 e. The summed E-state index contributed by atoms with van der Waals surface area (Å²) in [6.45, 7) is 3.84. The summed E-state index contributed by atoms with van der Waals surface area (Å²) in [5.74, 6) is 5.76. The molecule has 0 fully saturated rings. The van der Waals surface area contributed by atoms with E-state index in [0.717, 1.165) is 16.7 Å². The molecule has 0 bridgehead atoms. The highest BCUT2D eigenvalue weighted by Gasteiger charge is 2.06. The lowest BCUT2D eigenvalue weighted by atomic mass is 10.1. The second kappa shape index (κ2) is 3.51. The molecule has 0 unspecified atom stereocenters. The standard InChI is InChI=1S/C8H13N3O/c1-5-3-10-8(11-9)7(4-12)6(5)2/h3,12H,4,9H2,1-2H3,(H,10,11). The summed E-state index contributed by atoms with van der Waals surface area (Å²) in [4.78, 5) is 4.03. The molecule has 0 saturated carbocycles. The van der Waals surface area contributed by atoms with E-state index in [0.29, 0.717) is 5.82 Å². The zero-order valence-corrected chi connectivity index (χ0v) is 7.26. The van der Waals surface area contributed by atoms with Gasteiger partial charge in [-0.25, -0.2) is 10.8 Å². The fourth-order valence-electron chi connectivity index (χ4n) is 1.07. The van der Waals surface area contributed by atoms with Crippen LogP contribution in [0, 0.1) is 13.8 Å². The van der Waals surface area contributed by atoms with E-state index in [1.807, 2.05) is 13.8 Å². The lowest BCUT2D eigenvalue weighted by molar-refractivity contribution is 0.281. The first kappa shape index (κ1) is 8.96. The molecule has 1 aromatic rings. The summed E-state index contributed by atoms with van der Waals surface area (Å²) < 4.78 is 0. The van der Waals surface area contributed by atoms with E-state index in [1.54, 1.807) is 6.20 Å². The fourth-order valence-corrected chi connectivity index (χ4v) is 1.07. The normalized spacial score (nSPS) is 10.0. The van der Waals surface area contributed by atoms with Crippen LogP contribution >= 0.6 is 0 Å². The maximum Gasteiger partial charge on any atom is 0.145 e. The summed E-state index contributed by atoms with van der Waals surface area (Å²) >= 11 is 0. The van der Waals surface area contributed by atoms with E-state index in [1.165, 1.54) is 0 Å². The first-order valence-electron chi connectivity index (χ1n) is 3.73. The molecule has 0 radical (unpaired) electrons. The molecule has 0 aliphatic heterocycles. The third-order valence-electron chi connectivity index (χ3n) is 2.01. The molecule has 66 valence electrons. The minimum absolute atomic E-state index is 0.0416. The van der Waals surface area contributed by atoms with Gasteiger partial charge in [0.05, 0.1) is 6.61 Å². The van der Waals surface area contributed by atoms with Crippen molar-refractivity contribution in [2.75, 3.05) is 5.43 Å². The molecular formula is C8H13N3O. The molecule has 1 aromatic heterocycles. The third-order valence-corrected chi connectivity index (χ3v) is 2.01. The SMILES string of the molecule is Cc1cnc(NN)c(CO)c1C. The van der Waals surface area contributed by atoms with Gasteiger partial charge in [0.2, 0.25) is 0 Å². The number of nitrogens with zero attached hydrogens (tertiary/aromatic N) is 1. The fraction of sp³-hybridized carbons (Fsp3) is 0.375. The monoisotopic (exact) mass is 167 g/mol. The number of aliphatic hydroxyl groups excluding tert-OH is 1. The van der Waals surface area contributed by atoms with Crippen LogP contribution in [0.5, 0.6) is 0 Å². The van der Waals surface area contributed by atoms with Gasteiger partial charge in [-0.3, -0.25) is 0 Å². The maximum atomic E-state index is 9.02. The Labute approximate surface area is 71.4 Å². The van der Waals surface area contributed by atoms with Crippen LogP contribution in [0.3, 0.4) is 0 Å². The molecule has 4 heteroatoms. The second-order valence-corrected chi connectivity index (χ2v) is 2.70. The highest BCUT2D eigenvalue weighted by atomic mass is 16.3. The van der Waals surface area contributed by atoms with Crippen LogP contribution in [0.2, 0.25) is 0 Å². The zero-order chi connectivity index (χ0) is 9.14. The van der Waals surface area contributed by atoms with Gasteiger partial charge in [0.1, 0.15) is 5.82 Å². The van der Waals surface area contributed by atoms with Gasteiger partial charge in [0.15, 0.2) is 0 Å². The minimum atomic E-state index is -0.0416. The Bertz CT molecular complexity index is 286. The number of aromatic nitrogens is 1. The van der Waals surface area contributed by atoms with E-state index < -0.39 is 0 Å². The van der Waals surface area contributed by atoms with Crippen molar-refractivity contribution in [1.29, 1.82) is 0 Å². The Balaban J connectivity index is 3.25. The van der Waals surface area contributed by atoms with Gasteiger partial charge in [-0.1, -0.05) is 0 Å². The van der Waals surface area contributed by atoms with Gasteiger partial charge in [-0.2, -0.15) is 0 Å². The van der Waals surface area contributed by atoms with Crippen LogP contribution < -0.4 is 11.3 Å². The number of hydrazine groups is 1. The van der Waals surface area contributed by atoms with Crippen LogP contribution in [0.4, 0.5) is 5.82 Å². The van der Waals surface area contributed by atoms with Crippen molar-refractivity contribution in [3.05, 3.63) is 22.9 Å². The summed E-state index contributed by atoms with van der Waals surface area (Å²) in [7, 11) is 0. The smallest absolute Gasteiger partial charge is 0.145 e. The maximum absolute atomic E-state index is 9.02. The van der Waals surface area contributed by atoms with Crippen molar-refractivity contribution in [1.82, 2.24) is 4.98 Å². The molecule has 0 amide bonds. The van der Waals surface area contributed by atoms with Gasteiger partial charge in [-0.15, -0.1) is 0 Å². The van der Waals surface area contributed by atoms with E-state index in [9.17, 15) is 0 Å². The lowest BCUT2D eigenvalue weighted by Crippen LogP contribution is -2.12. The number of nitrogen functional groups attached to an aromatic ring is 1. The molecule has 0 aliphatic rings. The van der Waals surface area contributed by atoms with Crippen molar-refractivity contribution in [3.8, 4) is 0 Å². The van der Waals surface area contributed by atoms with Crippen molar-refractivity contribution >= 4 is 5.82 Å². The number of aryl methyl sites for hydroxylation is 1. The van der Waals surface area contributed by atoms with E-state index >= 15 is 0 Å². The molecule has 0 spiro atoms. The average molecular weight is 167 g/mol. The van der Waals surface area contributed by atoms with Gasteiger partial charge in [0.25, 0.3) is 0 Å². The number of pyridine rings is 1. The van der Waals surface area contributed by atoms with Gasteiger partial charge in [-0.05, 0) is 25.0 Å².